The second kappa shape index (κ2) is 4.93. The lowest BCUT2D eigenvalue weighted by atomic mass is 9.82. The van der Waals surface area contributed by atoms with Crippen molar-refractivity contribution in [3.05, 3.63) is 12.7 Å². The topological polar surface area (TPSA) is 69.9 Å². The highest BCUT2D eigenvalue weighted by Gasteiger charge is 2.42. The van der Waals surface area contributed by atoms with Crippen molar-refractivity contribution in [2.24, 2.45) is 0 Å². The van der Waals surface area contributed by atoms with E-state index in [1.165, 1.54) is 0 Å². The molecule has 0 aromatic rings. The van der Waals surface area contributed by atoms with Crippen LogP contribution in [0.5, 0.6) is 0 Å². The second-order valence-corrected chi connectivity index (χ2v) is 4.06. The molecule has 0 aromatic carbocycles. The molecule has 0 spiro atoms. The monoisotopic (exact) mass is 202 g/mol. The molecule has 0 aliphatic rings. The van der Waals surface area contributed by atoms with Gasteiger partial charge in [0.25, 0.3) is 0 Å². The van der Waals surface area contributed by atoms with Gasteiger partial charge < -0.3 is 19.8 Å². The summed E-state index contributed by atoms with van der Waals surface area (Å²) < 4.78 is 4.92. The van der Waals surface area contributed by atoms with Crippen molar-refractivity contribution in [1.82, 2.24) is 0 Å². The molecule has 0 amide bonds. The number of allylic oxidation sites excluding steroid dienone is 1. The Morgan fingerprint density at radius 1 is 1.36 bits per heavy atom. The van der Waals surface area contributed by atoms with Crippen molar-refractivity contribution in [2.75, 3.05) is 0 Å². The number of hydrogen-bond donors (Lipinski definition) is 3. The van der Waals surface area contributed by atoms with Gasteiger partial charge in [0.1, 0.15) is 0 Å². The maximum atomic E-state index is 9.83. The van der Waals surface area contributed by atoms with E-state index in [1.807, 2.05) is 0 Å². The third-order valence-corrected chi connectivity index (χ3v) is 2.49. The smallest absolute Gasteiger partial charge is 0.402 e. The van der Waals surface area contributed by atoms with E-state index in [1.54, 1.807) is 26.8 Å². The number of rotatable bonds is 6. The van der Waals surface area contributed by atoms with Crippen molar-refractivity contribution in [3.8, 4) is 0 Å². The van der Waals surface area contributed by atoms with Crippen LogP contribution in [0.2, 0.25) is 0 Å². The number of hydrogen-bond acceptors (Lipinski definition) is 4. The summed E-state index contributed by atoms with van der Waals surface area (Å²) >= 11 is 0. The van der Waals surface area contributed by atoms with E-state index >= 15 is 0 Å². The van der Waals surface area contributed by atoms with Gasteiger partial charge in [-0.05, 0) is 33.6 Å². The summed E-state index contributed by atoms with van der Waals surface area (Å²) in [6.45, 7) is 8.33. The molecule has 4 nitrogen and oxygen atoms in total. The molecule has 0 saturated heterocycles. The average Bonchev–Trinajstić information content (AvgIpc) is 1.97. The molecule has 14 heavy (non-hydrogen) atoms. The van der Waals surface area contributed by atoms with Gasteiger partial charge in [-0.2, -0.15) is 0 Å². The van der Waals surface area contributed by atoms with Crippen LogP contribution in [0, 0.1) is 0 Å². The minimum Gasteiger partial charge on any atom is -0.402 e. The average molecular weight is 202 g/mol. The summed E-state index contributed by atoms with van der Waals surface area (Å²) in [6.07, 6.45) is 2.79. The number of aliphatic hydroxyl groups is 1. The SMILES string of the molecule is C=CCCC(C)(OB(O)O)C(C)(C)O. The largest absolute Gasteiger partial charge is 0.634 e. The first kappa shape index (κ1) is 13.6. The predicted molar refractivity (Wildman–Crippen MR) is 55.4 cm³/mol. The maximum Gasteiger partial charge on any atom is 0.634 e. The fourth-order valence-electron chi connectivity index (χ4n) is 1.12. The Labute approximate surface area is 85.4 Å². The van der Waals surface area contributed by atoms with Crippen molar-refractivity contribution in [2.45, 2.75) is 44.8 Å². The molecule has 1 atom stereocenters. The summed E-state index contributed by atoms with van der Waals surface area (Å²) in [5.41, 5.74) is -2.16. The van der Waals surface area contributed by atoms with E-state index in [-0.39, 0.29) is 0 Å². The normalized spacial score (nSPS) is 16.1. The highest BCUT2D eigenvalue weighted by molar-refractivity contribution is 6.32. The summed E-state index contributed by atoms with van der Waals surface area (Å²) in [5.74, 6) is 0. The molecule has 0 aliphatic heterocycles. The van der Waals surface area contributed by atoms with Gasteiger partial charge in [0.05, 0.1) is 11.2 Å². The Morgan fingerprint density at radius 2 is 1.86 bits per heavy atom. The van der Waals surface area contributed by atoms with Gasteiger partial charge in [0, 0.05) is 0 Å². The fraction of sp³-hybridized carbons (Fsp3) is 0.778. The second-order valence-electron chi connectivity index (χ2n) is 4.06. The summed E-state index contributed by atoms with van der Waals surface area (Å²) in [6, 6.07) is 0. The Kier molecular flexibility index (Phi) is 4.81. The lowest BCUT2D eigenvalue weighted by Gasteiger charge is -2.40. The van der Waals surface area contributed by atoms with Gasteiger partial charge in [-0.3, -0.25) is 0 Å². The van der Waals surface area contributed by atoms with Crippen LogP contribution in [0.3, 0.4) is 0 Å². The van der Waals surface area contributed by atoms with Crippen LogP contribution < -0.4 is 0 Å². The third kappa shape index (κ3) is 3.80. The van der Waals surface area contributed by atoms with E-state index in [9.17, 15) is 5.11 Å². The molecule has 0 fully saturated rings. The van der Waals surface area contributed by atoms with Crippen LogP contribution in [0.1, 0.15) is 33.6 Å². The molecule has 3 N–H and O–H groups in total. The Balaban J connectivity index is 4.57. The highest BCUT2D eigenvalue weighted by atomic mass is 16.6. The Hall–Kier alpha value is -0.355. The zero-order chi connectivity index (χ0) is 11.4. The van der Waals surface area contributed by atoms with E-state index < -0.39 is 18.5 Å². The zero-order valence-electron chi connectivity index (χ0n) is 9.03. The van der Waals surface area contributed by atoms with Gasteiger partial charge in [-0.25, -0.2) is 0 Å². The molecule has 82 valence electrons. The summed E-state index contributed by atoms with van der Waals surface area (Å²) in [7, 11) is -1.88. The van der Waals surface area contributed by atoms with Crippen LogP contribution in [0.15, 0.2) is 12.7 Å². The van der Waals surface area contributed by atoms with Crippen molar-refractivity contribution in [1.29, 1.82) is 0 Å². The molecule has 0 rings (SSSR count). The first-order chi connectivity index (χ1) is 6.23. The maximum absolute atomic E-state index is 9.83. The van der Waals surface area contributed by atoms with Gasteiger partial charge >= 0.3 is 7.32 Å². The van der Waals surface area contributed by atoms with E-state index in [0.29, 0.717) is 12.8 Å². The van der Waals surface area contributed by atoms with Gasteiger partial charge in [-0.1, -0.05) is 6.08 Å². The first-order valence-corrected chi connectivity index (χ1v) is 4.60. The molecular formula is C9H19BO4. The molecular weight excluding hydrogens is 183 g/mol. The fourth-order valence-corrected chi connectivity index (χ4v) is 1.12. The Morgan fingerprint density at radius 3 is 2.14 bits per heavy atom. The summed E-state index contributed by atoms with van der Waals surface area (Å²) in [4.78, 5) is 0. The van der Waals surface area contributed by atoms with Crippen molar-refractivity contribution in [3.63, 3.8) is 0 Å². The molecule has 0 aliphatic carbocycles. The van der Waals surface area contributed by atoms with Gasteiger partial charge in [-0.15, -0.1) is 6.58 Å². The minimum absolute atomic E-state index is 0.470. The first-order valence-electron chi connectivity index (χ1n) is 4.60. The highest BCUT2D eigenvalue weighted by Crippen LogP contribution is 2.30. The van der Waals surface area contributed by atoms with Crippen LogP contribution >= 0.6 is 0 Å². The molecule has 0 saturated carbocycles. The van der Waals surface area contributed by atoms with Crippen LogP contribution in [-0.2, 0) is 4.65 Å². The third-order valence-electron chi connectivity index (χ3n) is 2.49. The molecule has 0 bridgehead atoms. The zero-order valence-corrected chi connectivity index (χ0v) is 9.03. The molecule has 0 radical (unpaired) electrons. The standard InChI is InChI=1S/C9H19BO4/c1-5-6-7-9(4,8(2,3)11)14-10(12)13/h5,11-13H,1,6-7H2,2-4H3. The van der Waals surface area contributed by atoms with E-state index in [0.717, 1.165) is 0 Å². The molecule has 1 unspecified atom stereocenters. The minimum atomic E-state index is -1.88. The van der Waals surface area contributed by atoms with Crippen LogP contribution in [-0.4, -0.2) is 33.7 Å². The van der Waals surface area contributed by atoms with Crippen molar-refractivity contribution >= 4 is 7.32 Å². The Bertz CT molecular complexity index is 188. The molecule has 0 heterocycles. The van der Waals surface area contributed by atoms with E-state index in [4.69, 9.17) is 14.7 Å². The molecule has 0 aromatic heterocycles. The van der Waals surface area contributed by atoms with Crippen molar-refractivity contribution < 1.29 is 19.8 Å². The van der Waals surface area contributed by atoms with Gasteiger partial charge in [0.15, 0.2) is 0 Å². The van der Waals surface area contributed by atoms with Crippen LogP contribution in [0.25, 0.3) is 0 Å². The van der Waals surface area contributed by atoms with Crippen LogP contribution in [0.4, 0.5) is 0 Å². The lowest BCUT2D eigenvalue weighted by Crippen LogP contribution is -2.52. The summed E-state index contributed by atoms with van der Waals surface area (Å²) in [5, 5.41) is 27.3. The lowest BCUT2D eigenvalue weighted by molar-refractivity contribution is -0.124. The van der Waals surface area contributed by atoms with Gasteiger partial charge in [0.2, 0.25) is 0 Å². The van der Waals surface area contributed by atoms with E-state index in [2.05, 4.69) is 6.58 Å². The molecule has 5 heteroatoms. The quantitative estimate of drug-likeness (QED) is 0.432. The predicted octanol–water partition coefficient (Wildman–Crippen LogP) is 0.468.